The minimum absolute atomic E-state index is 0.762. The Morgan fingerprint density at radius 3 is 2.39 bits per heavy atom. The van der Waals surface area contributed by atoms with Crippen molar-refractivity contribution < 1.29 is 0 Å². The summed E-state index contributed by atoms with van der Waals surface area (Å²) in [6, 6.07) is 13.9. The highest BCUT2D eigenvalue weighted by Crippen LogP contribution is 2.31. The zero-order valence-corrected chi connectivity index (χ0v) is 14.7. The summed E-state index contributed by atoms with van der Waals surface area (Å²) < 4.78 is 1.14. The first-order valence-corrected chi connectivity index (χ1v) is 9.08. The number of rotatable bonds is 2. The average Bonchev–Trinajstić information content (AvgIpc) is 2.98. The lowest BCUT2D eigenvalue weighted by atomic mass is 10.2. The molecule has 0 saturated carbocycles. The predicted octanol–water partition coefficient (Wildman–Crippen LogP) is 4.93. The van der Waals surface area contributed by atoms with Crippen LogP contribution in [0.5, 0.6) is 0 Å². The first kappa shape index (κ1) is 15.1. The maximum Gasteiger partial charge on any atom is 0.186 e. The van der Waals surface area contributed by atoms with E-state index >= 15 is 0 Å². The zero-order chi connectivity index (χ0) is 15.8. The molecule has 0 spiro atoms. The minimum Gasteiger partial charge on any atom is -0.368 e. The van der Waals surface area contributed by atoms with Crippen LogP contribution in [0.3, 0.4) is 0 Å². The number of piperazine rings is 1. The Hall–Kier alpha value is -1.49. The summed E-state index contributed by atoms with van der Waals surface area (Å²) in [6.07, 6.45) is 0. The van der Waals surface area contributed by atoms with E-state index < -0.39 is 0 Å². The summed E-state index contributed by atoms with van der Waals surface area (Å²) in [4.78, 5) is 9.45. The van der Waals surface area contributed by atoms with Gasteiger partial charge in [0.05, 0.1) is 10.2 Å². The lowest BCUT2D eigenvalue weighted by Gasteiger charge is -2.36. The Balaban J connectivity index is 1.50. The van der Waals surface area contributed by atoms with Gasteiger partial charge in [0.1, 0.15) is 0 Å². The molecule has 6 heteroatoms. The molecule has 118 valence electrons. The van der Waals surface area contributed by atoms with E-state index in [9.17, 15) is 0 Å². The van der Waals surface area contributed by atoms with Crippen molar-refractivity contribution in [3.05, 3.63) is 52.5 Å². The van der Waals surface area contributed by atoms with Crippen molar-refractivity contribution >= 4 is 55.6 Å². The van der Waals surface area contributed by atoms with Gasteiger partial charge in [0.25, 0.3) is 0 Å². The standard InChI is InChI=1S/C17H15Cl2N3S/c18-12-2-1-3-14(10-12)21-6-8-22(9-7-21)17-20-15-5-4-13(19)11-16(15)23-17/h1-5,10-11H,6-9H2. The van der Waals surface area contributed by atoms with Crippen LogP contribution in [0.25, 0.3) is 10.2 Å². The van der Waals surface area contributed by atoms with Crippen LogP contribution in [0.15, 0.2) is 42.5 Å². The van der Waals surface area contributed by atoms with Gasteiger partial charge in [-0.25, -0.2) is 4.98 Å². The van der Waals surface area contributed by atoms with Crippen molar-refractivity contribution in [3.63, 3.8) is 0 Å². The molecule has 0 unspecified atom stereocenters. The number of halogens is 2. The van der Waals surface area contributed by atoms with Gasteiger partial charge in [-0.05, 0) is 36.4 Å². The second-order valence-electron chi connectivity index (χ2n) is 5.56. The predicted molar refractivity (Wildman–Crippen MR) is 101 cm³/mol. The second kappa shape index (κ2) is 6.19. The molecule has 0 radical (unpaired) electrons. The summed E-state index contributed by atoms with van der Waals surface area (Å²) >= 11 is 13.9. The third-order valence-corrected chi connectivity index (χ3v) is 5.61. The van der Waals surface area contributed by atoms with Gasteiger partial charge < -0.3 is 9.80 Å². The van der Waals surface area contributed by atoms with Gasteiger partial charge in [0, 0.05) is 41.9 Å². The van der Waals surface area contributed by atoms with E-state index in [1.165, 1.54) is 5.69 Å². The molecule has 0 amide bonds. The monoisotopic (exact) mass is 363 g/mol. The van der Waals surface area contributed by atoms with Crippen molar-refractivity contribution in [2.45, 2.75) is 0 Å². The molecule has 1 fully saturated rings. The third kappa shape index (κ3) is 3.11. The molecule has 2 aromatic carbocycles. The normalized spacial score (nSPS) is 15.4. The molecule has 1 aliphatic rings. The molecular weight excluding hydrogens is 349 g/mol. The van der Waals surface area contributed by atoms with E-state index in [1.807, 2.05) is 36.4 Å². The van der Waals surface area contributed by atoms with Gasteiger partial charge >= 0.3 is 0 Å². The number of benzene rings is 2. The number of thiazole rings is 1. The van der Waals surface area contributed by atoms with Gasteiger partial charge in [-0.3, -0.25) is 0 Å². The quantitative estimate of drug-likeness (QED) is 0.643. The highest BCUT2D eigenvalue weighted by molar-refractivity contribution is 7.22. The van der Waals surface area contributed by atoms with Crippen molar-refractivity contribution in [1.29, 1.82) is 0 Å². The molecule has 4 rings (SSSR count). The van der Waals surface area contributed by atoms with Crippen molar-refractivity contribution in [1.82, 2.24) is 4.98 Å². The summed E-state index contributed by atoms with van der Waals surface area (Å²) in [7, 11) is 0. The van der Waals surface area contributed by atoms with Gasteiger partial charge in [0.15, 0.2) is 5.13 Å². The number of hydrogen-bond acceptors (Lipinski definition) is 4. The van der Waals surface area contributed by atoms with Crippen LogP contribution >= 0.6 is 34.5 Å². The van der Waals surface area contributed by atoms with E-state index in [4.69, 9.17) is 28.2 Å². The molecule has 1 saturated heterocycles. The maximum atomic E-state index is 6.09. The smallest absolute Gasteiger partial charge is 0.186 e. The summed E-state index contributed by atoms with van der Waals surface area (Å²) in [5.41, 5.74) is 2.21. The summed E-state index contributed by atoms with van der Waals surface area (Å²) in [5.74, 6) is 0. The molecule has 0 bridgehead atoms. The van der Waals surface area contributed by atoms with Gasteiger partial charge in [-0.15, -0.1) is 0 Å². The first-order chi connectivity index (χ1) is 11.2. The number of hydrogen-bond donors (Lipinski definition) is 0. The molecular formula is C17H15Cl2N3S. The third-order valence-electron chi connectivity index (χ3n) is 4.06. The van der Waals surface area contributed by atoms with Crippen LogP contribution in [0.4, 0.5) is 10.8 Å². The van der Waals surface area contributed by atoms with E-state index in [0.717, 1.165) is 51.6 Å². The molecule has 1 aromatic heterocycles. The highest BCUT2D eigenvalue weighted by atomic mass is 35.5. The minimum atomic E-state index is 0.762. The molecule has 3 nitrogen and oxygen atoms in total. The first-order valence-electron chi connectivity index (χ1n) is 7.50. The zero-order valence-electron chi connectivity index (χ0n) is 12.4. The lowest BCUT2D eigenvalue weighted by Crippen LogP contribution is -2.46. The van der Waals surface area contributed by atoms with Crippen LogP contribution in [0, 0.1) is 0 Å². The van der Waals surface area contributed by atoms with Crippen LogP contribution in [0.1, 0.15) is 0 Å². The summed E-state index contributed by atoms with van der Waals surface area (Å²) in [5, 5.41) is 2.62. The van der Waals surface area contributed by atoms with Crippen LogP contribution in [0.2, 0.25) is 10.0 Å². The van der Waals surface area contributed by atoms with E-state index in [1.54, 1.807) is 11.3 Å². The van der Waals surface area contributed by atoms with Crippen LogP contribution in [-0.4, -0.2) is 31.2 Å². The Morgan fingerprint density at radius 1 is 0.870 bits per heavy atom. The topological polar surface area (TPSA) is 19.4 Å². The summed E-state index contributed by atoms with van der Waals surface area (Å²) in [6.45, 7) is 3.86. The number of nitrogens with zero attached hydrogens (tertiary/aromatic N) is 3. The largest absolute Gasteiger partial charge is 0.368 e. The van der Waals surface area contributed by atoms with Crippen molar-refractivity contribution in [3.8, 4) is 0 Å². The van der Waals surface area contributed by atoms with Gasteiger partial charge in [-0.2, -0.15) is 0 Å². The highest BCUT2D eigenvalue weighted by Gasteiger charge is 2.20. The Bertz CT molecular complexity index is 841. The number of anilines is 2. The Labute approximate surface area is 149 Å². The lowest BCUT2D eigenvalue weighted by molar-refractivity contribution is 0.652. The molecule has 1 aliphatic heterocycles. The van der Waals surface area contributed by atoms with Gasteiger partial charge in [-0.1, -0.05) is 40.6 Å². The van der Waals surface area contributed by atoms with Crippen LogP contribution < -0.4 is 9.80 Å². The molecule has 0 atom stereocenters. The van der Waals surface area contributed by atoms with E-state index in [-0.39, 0.29) is 0 Å². The van der Waals surface area contributed by atoms with E-state index in [2.05, 4.69) is 15.9 Å². The Kier molecular flexibility index (Phi) is 4.05. The molecule has 0 aliphatic carbocycles. The van der Waals surface area contributed by atoms with E-state index in [0.29, 0.717) is 0 Å². The fourth-order valence-corrected chi connectivity index (χ4v) is 4.33. The van der Waals surface area contributed by atoms with Gasteiger partial charge in [0.2, 0.25) is 0 Å². The maximum absolute atomic E-state index is 6.09. The fourth-order valence-electron chi connectivity index (χ4n) is 2.85. The average molecular weight is 364 g/mol. The van der Waals surface area contributed by atoms with Crippen molar-refractivity contribution in [2.75, 3.05) is 36.0 Å². The molecule has 2 heterocycles. The molecule has 23 heavy (non-hydrogen) atoms. The Morgan fingerprint density at radius 2 is 1.61 bits per heavy atom. The number of fused-ring (bicyclic) bond motifs is 1. The second-order valence-corrected chi connectivity index (χ2v) is 7.44. The van der Waals surface area contributed by atoms with Crippen molar-refractivity contribution in [2.24, 2.45) is 0 Å². The fraction of sp³-hybridized carbons (Fsp3) is 0.235. The molecule has 0 N–H and O–H groups in total. The molecule has 3 aromatic rings. The number of aromatic nitrogens is 1. The SMILES string of the molecule is Clc1cccc(N2CCN(c3nc4ccc(Cl)cc4s3)CC2)c1. The van der Waals surface area contributed by atoms with Crippen LogP contribution in [-0.2, 0) is 0 Å².